The third-order valence-corrected chi connectivity index (χ3v) is 4.07. The number of aromatic nitrogens is 3. The molecule has 0 aromatic carbocycles. The van der Waals surface area contributed by atoms with Crippen molar-refractivity contribution >= 4 is 27.5 Å². The van der Waals surface area contributed by atoms with Crippen molar-refractivity contribution in [2.24, 2.45) is 0 Å². The zero-order valence-electron chi connectivity index (χ0n) is 10.2. The Kier molecular flexibility index (Phi) is 3.14. The van der Waals surface area contributed by atoms with Gasteiger partial charge in [0.15, 0.2) is 4.73 Å². The molecule has 19 heavy (non-hydrogen) atoms. The molecule has 7 heteroatoms. The van der Waals surface area contributed by atoms with Crippen molar-refractivity contribution in [1.82, 2.24) is 19.3 Å². The van der Waals surface area contributed by atoms with Gasteiger partial charge in [0.1, 0.15) is 0 Å². The summed E-state index contributed by atoms with van der Waals surface area (Å²) in [4.78, 5) is 21.2. The minimum atomic E-state index is -0.856. The van der Waals surface area contributed by atoms with Crippen LogP contribution in [-0.2, 0) is 0 Å². The Morgan fingerprint density at radius 1 is 1.53 bits per heavy atom. The van der Waals surface area contributed by atoms with Crippen LogP contribution in [0.5, 0.6) is 0 Å². The molecule has 6 nitrogen and oxygen atoms in total. The number of rotatable bonds is 1. The molecule has 3 heterocycles. The van der Waals surface area contributed by atoms with E-state index < -0.39 is 6.09 Å². The number of carboxylic acid groups (broad SMARTS) is 1. The fourth-order valence-corrected chi connectivity index (χ4v) is 3.10. The van der Waals surface area contributed by atoms with Crippen LogP contribution in [0, 0.1) is 0 Å². The summed E-state index contributed by atoms with van der Waals surface area (Å²) in [5.41, 5.74) is 1.86. The number of carbonyl (C=O) groups is 1. The highest BCUT2D eigenvalue weighted by molar-refractivity contribution is 9.10. The highest BCUT2D eigenvalue weighted by atomic mass is 79.9. The first-order valence-electron chi connectivity index (χ1n) is 6.12. The fourth-order valence-electron chi connectivity index (χ4n) is 2.60. The number of halogens is 1. The first-order valence-corrected chi connectivity index (χ1v) is 6.91. The largest absolute Gasteiger partial charge is 0.465 e. The molecule has 3 rings (SSSR count). The monoisotopic (exact) mass is 324 g/mol. The molecule has 1 fully saturated rings. The molecule has 2 aromatic heterocycles. The van der Waals surface area contributed by atoms with Crippen molar-refractivity contribution in [1.29, 1.82) is 0 Å². The number of imidazole rings is 1. The molecule has 100 valence electrons. The van der Waals surface area contributed by atoms with E-state index in [1.165, 1.54) is 4.90 Å². The van der Waals surface area contributed by atoms with Gasteiger partial charge in [0, 0.05) is 31.4 Å². The maximum absolute atomic E-state index is 11.1. The third kappa shape index (κ3) is 2.18. The number of likely N-dealkylation sites (tertiary alicyclic amines) is 1. The number of hydrogen-bond acceptors (Lipinski definition) is 3. The average molecular weight is 325 g/mol. The zero-order chi connectivity index (χ0) is 13.4. The predicted molar refractivity (Wildman–Crippen MR) is 72.3 cm³/mol. The van der Waals surface area contributed by atoms with Crippen molar-refractivity contribution < 1.29 is 9.90 Å². The van der Waals surface area contributed by atoms with Gasteiger partial charge in [0.05, 0.1) is 17.4 Å². The molecule has 2 aromatic rings. The second-order valence-corrected chi connectivity index (χ2v) is 5.37. The van der Waals surface area contributed by atoms with Crippen LogP contribution >= 0.6 is 15.9 Å². The van der Waals surface area contributed by atoms with Crippen LogP contribution in [-0.4, -0.2) is 43.6 Å². The number of amides is 1. The van der Waals surface area contributed by atoms with E-state index in [9.17, 15) is 4.79 Å². The standard InChI is InChI=1S/C12H13BrN4O2/c13-11-15-10(9-6-14-3-5-17(9)11)8-2-1-4-16(7-8)12(18)19/h3,5-6,8H,1-2,4,7H2,(H,18,19). The van der Waals surface area contributed by atoms with Gasteiger partial charge in [-0.15, -0.1) is 0 Å². The first-order chi connectivity index (χ1) is 9.16. The van der Waals surface area contributed by atoms with Gasteiger partial charge in [0.25, 0.3) is 0 Å². The van der Waals surface area contributed by atoms with Gasteiger partial charge in [-0.25, -0.2) is 9.78 Å². The van der Waals surface area contributed by atoms with Crippen molar-refractivity contribution in [2.75, 3.05) is 13.1 Å². The molecule has 1 unspecified atom stereocenters. The lowest BCUT2D eigenvalue weighted by molar-refractivity contribution is 0.130. The van der Waals surface area contributed by atoms with E-state index in [4.69, 9.17) is 5.11 Å². The smallest absolute Gasteiger partial charge is 0.407 e. The summed E-state index contributed by atoms with van der Waals surface area (Å²) in [6.07, 6.45) is 6.28. The maximum atomic E-state index is 11.1. The SMILES string of the molecule is O=C(O)N1CCCC(c2nc(Br)n3ccncc23)C1. The van der Waals surface area contributed by atoms with Crippen LogP contribution in [0.4, 0.5) is 4.79 Å². The highest BCUT2D eigenvalue weighted by Crippen LogP contribution is 2.30. The normalized spacial score (nSPS) is 19.8. The minimum Gasteiger partial charge on any atom is -0.465 e. The Labute approximate surface area is 118 Å². The molecule has 0 spiro atoms. The second-order valence-electron chi connectivity index (χ2n) is 4.67. The molecule has 1 amide bonds. The van der Waals surface area contributed by atoms with Crippen LogP contribution in [0.1, 0.15) is 24.5 Å². The topological polar surface area (TPSA) is 70.7 Å². The molecule has 0 aliphatic carbocycles. The molecular formula is C12H13BrN4O2. The van der Waals surface area contributed by atoms with E-state index in [-0.39, 0.29) is 5.92 Å². The number of fused-ring (bicyclic) bond motifs is 1. The molecule has 1 atom stereocenters. The molecule has 1 aliphatic heterocycles. The first kappa shape index (κ1) is 12.4. The van der Waals surface area contributed by atoms with Crippen molar-refractivity contribution in [2.45, 2.75) is 18.8 Å². The molecule has 0 saturated carbocycles. The van der Waals surface area contributed by atoms with Crippen LogP contribution in [0.2, 0.25) is 0 Å². The Balaban J connectivity index is 1.98. The van der Waals surface area contributed by atoms with Crippen LogP contribution in [0.25, 0.3) is 5.52 Å². The Bertz CT molecular complexity index is 627. The minimum absolute atomic E-state index is 0.135. The Morgan fingerprint density at radius 2 is 2.37 bits per heavy atom. The molecule has 0 radical (unpaired) electrons. The van der Waals surface area contributed by atoms with Crippen molar-refractivity contribution in [3.63, 3.8) is 0 Å². The summed E-state index contributed by atoms with van der Waals surface area (Å²) in [5, 5.41) is 9.10. The summed E-state index contributed by atoms with van der Waals surface area (Å²) in [6, 6.07) is 0. The lowest BCUT2D eigenvalue weighted by Crippen LogP contribution is -2.38. The van der Waals surface area contributed by atoms with Gasteiger partial charge in [-0.1, -0.05) is 0 Å². The van der Waals surface area contributed by atoms with Crippen LogP contribution < -0.4 is 0 Å². The summed E-state index contributed by atoms with van der Waals surface area (Å²) in [6.45, 7) is 1.11. The summed E-state index contributed by atoms with van der Waals surface area (Å²) in [5.74, 6) is 0.135. The lowest BCUT2D eigenvalue weighted by atomic mass is 9.94. The fraction of sp³-hybridized carbons (Fsp3) is 0.417. The van der Waals surface area contributed by atoms with Gasteiger partial charge in [-0.3, -0.25) is 9.38 Å². The summed E-state index contributed by atoms with van der Waals surface area (Å²) >= 11 is 3.42. The number of nitrogens with zero attached hydrogens (tertiary/aromatic N) is 4. The van der Waals surface area contributed by atoms with E-state index in [2.05, 4.69) is 25.9 Å². The van der Waals surface area contributed by atoms with Crippen LogP contribution in [0.15, 0.2) is 23.3 Å². The number of hydrogen-bond donors (Lipinski definition) is 1. The third-order valence-electron chi connectivity index (χ3n) is 3.51. The van der Waals surface area contributed by atoms with E-state index in [1.54, 1.807) is 12.4 Å². The molecule has 1 aliphatic rings. The average Bonchev–Trinajstić information content (AvgIpc) is 2.77. The molecular weight excluding hydrogens is 312 g/mol. The van der Waals surface area contributed by atoms with Crippen LogP contribution in [0.3, 0.4) is 0 Å². The second kappa shape index (κ2) is 4.80. The zero-order valence-corrected chi connectivity index (χ0v) is 11.7. The van der Waals surface area contributed by atoms with Crippen molar-refractivity contribution in [3.8, 4) is 0 Å². The number of piperidine rings is 1. The molecule has 1 saturated heterocycles. The van der Waals surface area contributed by atoms with E-state index >= 15 is 0 Å². The predicted octanol–water partition coefficient (Wildman–Crippen LogP) is 2.35. The van der Waals surface area contributed by atoms with Crippen molar-refractivity contribution in [3.05, 3.63) is 29.0 Å². The molecule has 1 N–H and O–H groups in total. The van der Waals surface area contributed by atoms with Gasteiger partial charge in [-0.2, -0.15) is 0 Å². The van der Waals surface area contributed by atoms with Gasteiger partial charge in [-0.05, 0) is 28.8 Å². The maximum Gasteiger partial charge on any atom is 0.407 e. The van der Waals surface area contributed by atoms with E-state index in [0.717, 1.165) is 28.8 Å². The highest BCUT2D eigenvalue weighted by Gasteiger charge is 2.27. The van der Waals surface area contributed by atoms with Gasteiger partial charge < -0.3 is 10.0 Å². The quantitative estimate of drug-likeness (QED) is 0.874. The summed E-state index contributed by atoms with van der Waals surface area (Å²) < 4.78 is 2.65. The van der Waals surface area contributed by atoms with E-state index in [0.29, 0.717) is 13.1 Å². The van der Waals surface area contributed by atoms with Gasteiger partial charge in [0.2, 0.25) is 0 Å². The van der Waals surface area contributed by atoms with E-state index in [1.807, 2.05) is 10.6 Å². The Hall–Kier alpha value is -1.63. The Morgan fingerprint density at radius 3 is 3.16 bits per heavy atom. The summed E-state index contributed by atoms with van der Waals surface area (Å²) in [7, 11) is 0. The molecule has 0 bridgehead atoms. The lowest BCUT2D eigenvalue weighted by Gasteiger charge is -2.29. The van der Waals surface area contributed by atoms with Gasteiger partial charge >= 0.3 is 6.09 Å².